The fourth-order valence-electron chi connectivity index (χ4n) is 3.71. The van der Waals surface area contributed by atoms with Crippen LogP contribution in [0.25, 0.3) is 0 Å². The summed E-state index contributed by atoms with van der Waals surface area (Å²) in [6, 6.07) is 13.6. The molecule has 0 bridgehead atoms. The molecule has 1 aliphatic heterocycles. The largest absolute Gasteiger partial charge is 0.492 e. The molecule has 1 aliphatic carbocycles. The molecule has 8 heteroatoms. The first-order valence-electron chi connectivity index (χ1n) is 10.3. The molecule has 4 rings (SSSR count). The maximum atomic E-state index is 12.9. The van der Waals surface area contributed by atoms with E-state index < -0.39 is 6.04 Å². The summed E-state index contributed by atoms with van der Waals surface area (Å²) in [5, 5.41) is 3.29. The molecule has 3 amide bonds. The Hall–Kier alpha value is -3.06. The van der Waals surface area contributed by atoms with Crippen molar-refractivity contribution in [1.82, 2.24) is 15.1 Å². The van der Waals surface area contributed by atoms with Crippen LogP contribution in [0.5, 0.6) is 5.75 Å². The Morgan fingerprint density at radius 2 is 1.97 bits per heavy atom. The van der Waals surface area contributed by atoms with Gasteiger partial charge in [0.15, 0.2) is 0 Å². The summed E-state index contributed by atoms with van der Waals surface area (Å²) in [5.74, 6) is -0.0491. The Bertz CT molecular complexity index is 1010. The Kier molecular flexibility index (Phi) is 6.13. The molecular weight excluding hydrogens is 418 g/mol. The van der Waals surface area contributed by atoms with Gasteiger partial charge in [0.05, 0.1) is 13.1 Å². The van der Waals surface area contributed by atoms with Gasteiger partial charge >= 0.3 is 0 Å². The molecule has 0 aromatic heterocycles. The smallest absolute Gasteiger partial charge is 0.255 e. The lowest BCUT2D eigenvalue weighted by Crippen LogP contribution is -2.44. The fourth-order valence-corrected chi connectivity index (χ4v) is 3.89. The van der Waals surface area contributed by atoms with Gasteiger partial charge in [0.2, 0.25) is 11.8 Å². The van der Waals surface area contributed by atoms with E-state index in [1.807, 2.05) is 6.07 Å². The van der Waals surface area contributed by atoms with E-state index in [2.05, 4.69) is 5.32 Å². The third kappa shape index (κ3) is 4.66. The Labute approximate surface area is 185 Å². The van der Waals surface area contributed by atoms with Gasteiger partial charge in [-0.25, -0.2) is 0 Å². The molecule has 2 aromatic rings. The minimum absolute atomic E-state index is 0.0951. The van der Waals surface area contributed by atoms with Gasteiger partial charge in [0.25, 0.3) is 5.91 Å². The van der Waals surface area contributed by atoms with Crippen LogP contribution in [0.4, 0.5) is 0 Å². The molecular formula is C23H24ClN3O4. The lowest BCUT2D eigenvalue weighted by Gasteiger charge is -2.25. The average Bonchev–Trinajstić information content (AvgIpc) is 3.56. The van der Waals surface area contributed by atoms with E-state index in [9.17, 15) is 14.4 Å². The second-order valence-electron chi connectivity index (χ2n) is 7.77. The zero-order chi connectivity index (χ0) is 22.0. The van der Waals surface area contributed by atoms with Crippen molar-refractivity contribution in [3.63, 3.8) is 0 Å². The molecule has 2 aromatic carbocycles. The third-order valence-electron chi connectivity index (χ3n) is 5.52. The highest BCUT2D eigenvalue weighted by atomic mass is 35.5. The van der Waals surface area contributed by atoms with Gasteiger partial charge in [-0.3, -0.25) is 14.4 Å². The number of carbonyl (C=O) groups is 3. The van der Waals surface area contributed by atoms with Gasteiger partial charge in [-0.05, 0) is 42.7 Å². The van der Waals surface area contributed by atoms with Crippen LogP contribution in [0.1, 0.15) is 34.8 Å². The predicted octanol–water partition coefficient (Wildman–Crippen LogP) is 2.65. The zero-order valence-electron chi connectivity index (χ0n) is 17.2. The van der Waals surface area contributed by atoms with Crippen molar-refractivity contribution in [2.45, 2.75) is 24.9 Å². The van der Waals surface area contributed by atoms with Crippen molar-refractivity contribution in [1.29, 1.82) is 0 Å². The molecule has 162 valence electrons. The van der Waals surface area contributed by atoms with Crippen molar-refractivity contribution < 1.29 is 19.1 Å². The number of ether oxygens (including phenoxy) is 1. The second-order valence-corrected chi connectivity index (χ2v) is 8.21. The number of hydrogen-bond donors (Lipinski definition) is 1. The predicted molar refractivity (Wildman–Crippen MR) is 116 cm³/mol. The van der Waals surface area contributed by atoms with E-state index in [1.54, 1.807) is 54.4 Å². The number of hydrogen-bond acceptors (Lipinski definition) is 4. The van der Waals surface area contributed by atoms with E-state index in [0.717, 1.165) is 12.8 Å². The van der Waals surface area contributed by atoms with Crippen molar-refractivity contribution in [3.05, 3.63) is 64.7 Å². The molecule has 0 saturated heterocycles. The van der Waals surface area contributed by atoms with E-state index in [0.29, 0.717) is 35.1 Å². The van der Waals surface area contributed by atoms with Crippen molar-refractivity contribution in [2.24, 2.45) is 0 Å². The summed E-state index contributed by atoms with van der Waals surface area (Å²) in [6.07, 6.45) is 1.80. The molecule has 2 aliphatic rings. The van der Waals surface area contributed by atoms with Crippen LogP contribution in [0.2, 0.25) is 5.02 Å². The van der Waals surface area contributed by atoms with Crippen molar-refractivity contribution in [2.75, 3.05) is 26.7 Å². The number of amides is 3. The van der Waals surface area contributed by atoms with Gasteiger partial charge in [-0.1, -0.05) is 35.9 Å². The standard InChI is InChI=1S/C23H24ClN3O4/c1-26(11-12-31-17-6-4-5-15(24)13-17)20(28)14-25-22(29)21-18-7-2-3-8-19(18)23(30)27(21)16-9-10-16/h2-8,13,16,21H,9-12,14H2,1H3,(H,25,29). The van der Waals surface area contributed by atoms with Crippen LogP contribution in [-0.2, 0) is 9.59 Å². The van der Waals surface area contributed by atoms with E-state index >= 15 is 0 Å². The molecule has 7 nitrogen and oxygen atoms in total. The molecule has 31 heavy (non-hydrogen) atoms. The minimum atomic E-state index is -0.680. The van der Waals surface area contributed by atoms with E-state index in [-0.39, 0.29) is 30.3 Å². The van der Waals surface area contributed by atoms with Crippen LogP contribution >= 0.6 is 11.6 Å². The molecule has 1 fully saturated rings. The summed E-state index contributed by atoms with van der Waals surface area (Å²) < 4.78 is 5.60. The summed E-state index contributed by atoms with van der Waals surface area (Å²) >= 11 is 5.93. The van der Waals surface area contributed by atoms with Crippen LogP contribution < -0.4 is 10.1 Å². The number of benzene rings is 2. The zero-order valence-corrected chi connectivity index (χ0v) is 18.0. The van der Waals surface area contributed by atoms with Crippen LogP contribution in [0, 0.1) is 0 Å². The van der Waals surface area contributed by atoms with Gasteiger partial charge in [0, 0.05) is 23.7 Å². The van der Waals surface area contributed by atoms with Gasteiger partial charge in [0.1, 0.15) is 18.4 Å². The Morgan fingerprint density at radius 3 is 2.71 bits per heavy atom. The number of halogens is 1. The maximum Gasteiger partial charge on any atom is 0.255 e. The molecule has 1 saturated carbocycles. The topological polar surface area (TPSA) is 79.0 Å². The lowest BCUT2D eigenvalue weighted by molar-refractivity contribution is -0.133. The fraction of sp³-hybridized carbons (Fsp3) is 0.348. The lowest BCUT2D eigenvalue weighted by atomic mass is 10.0. The highest BCUT2D eigenvalue weighted by molar-refractivity contribution is 6.30. The average molecular weight is 442 g/mol. The number of likely N-dealkylation sites (N-methyl/N-ethyl adjacent to an activating group) is 1. The molecule has 0 radical (unpaired) electrons. The Morgan fingerprint density at radius 1 is 1.19 bits per heavy atom. The first-order valence-corrected chi connectivity index (χ1v) is 10.6. The summed E-state index contributed by atoms with van der Waals surface area (Å²) in [4.78, 5) is 41.3. The van der Waals surface area contributed by atoms with Crippen LogP contribution in [0.15, 0.2) is 48.5 Å². The summed E-state index contributed by atoms with van der Waals surface area (Å²) in [6.45, 7) is 0.522. The van der Waals surface area contributed by atoms with Crippen molar-refractivity contribution >= 4 is 29.3 Å². The number of carbonyl (C=O) groups excluding carboxylic acids is 3. The van der Waals surface area contributed by atoms with Gasteiger partial charge < -0.3 is 19.9 Å². The summed E-state index contributed by atoms with van der Waals surface area (Å²) in [5.41, 5.74) is 1.27. The van der Waals surface area contributed by atoms with Crippen molar-refractivity contribution in [3.8, 4) is 5.75 Å². The van der Waals surface area contributed by atoms with E-state index in [4.69, 9.17) is 16.3 Å². The molecule has 1 heterocycles. The maximum absolute atomic E-state index is 12.9. The number of nitrogens with zero attached hydrogens (tertiary/aromatic N) is 2. The van der Waals surface area contributed by atoms with Crippen LogP contribution in [-0.4, -0.2) is 60.3 Å². The summed E-state index contributed by atoms with van der Waals surface area (Å²) in [7, 11) is 1.65. The SMILES string of the molecule is CN(CCOc1cccc(Cl)c1)C(=O)CNC(=O)C1c2ccccc2C(=O)N1C1CC1. The highest BCUT2D eigenvalue weighted by Crippen LogP contribution is 2.41. The van der Waals surface area contributed by atoms with E-state index in [1.165, 1.54) is 4.90 Å². The minimum Gasteiger partial charge on any atom is -0.492 e. The van der Waals surface area contributed by atoms with Crippen LogP contribution in [0.3, 0.4) is 0 Å². The molecule has 1 unspecified atom stereocenters. The molecule has 0 spiro atoms. The number of nitrogens with one attached hydrogen (secondary N) is 1. The quantitative estimate of drug-likeness (QED) is 0.683. The normalized spacial score (nSPS) is 17.3. The number of rotatable bonds is 8. The van der Waals surface area contributed by atoms with Gasteiger partial charge in [-0.15, -0.1) is 0 Å². The molecule has 1 N–H and O–H groups in total. The monoisotopic (exact) mass is 441 g/mol. The second kappa shape index (κ2) is 8.98. The third-order valence-corrected chi connectivity index (χ3v) is 5.75. The molecule has 1 atom stereocenters. The first kappa shape index (κ1) is 21.2. The first-order chi connectivity index (χ1) is 15.0. The number of fused-ring (bicyclic) bond motifs is 1. The highest BCUT2D eigenvalue weighted by Gasteiger charge is 2.47. The van der Waals surface area contributed by atoms with Gasteiger partial charge in [-0.2, -0.15) is 0 Å². The Balaban J connectivity index is 1.30.